The molecule has 0 aromatic heterocycles. The van der Waals surface area contributed by atoms with Gasteiger partial charge in [-0.3, -0.25) is 0 Å². The van der Waals surface area contributed by atoms with E-state index in [1.165, 1.54) is 0 Å². The molecule has 0 radical (unpaired) electrons. The van der Waals surface area contributed by atoms with Crippen LogP contribution in [0.1, 0.15) is 30.6 Å². The minimum Gasteiger partial charge on any atom is -0.387 e. The molecule has 1 aromatic rings. The van der Waals surface area contributed by atoms with Crippen LogP contribution in [0, 0.1) is 6.92 Å². The summed E-state index contributed by atoms with van der Waals surface area (Å²) in [6.45, 7) is 5.45. The van der Waals surface area contributed by atoms with Crippen LogP contribution < -0.4 is 5.32 Å². The van der Waals surface area contributed by atoms with Crippen molar-refractivity contribution in [2.75, 3.05) is 20.3 Å². The first-order chi connectivity index (χ1) is 8.15. The van der Waals surface area contributed by atoms with E-state index in [1.807, 2.05) is 31.2 Å². The third-order valence-corrected chi connectivity index (χ3v) is 2.96. The standard InChI is InChI=1S/C14H23NO2/c1-11-6-4-5-7-13(11)14(16)10-15-12(2)8-9-17-3/h4-7,12,14-16H,8-10H2,1-3H3. The molecule has 3 heteroatoms. The van der Waals surface area contributed by atoms with Crippen molar-refractivity contribution < 1.29 is 9.84 Å². The predicted octanol–water partition coefficient (Wildman–Crippen LogP) is 2.04. The third kappa shape index (κ3) is 4.86. The second-order valence-corrected chi connectivity index (χ2v) is 4.46. The number of ether oxygens (including phenoxy) is 1. The minimum atomic E-state index is -0.443. The molecule has 2 unspecified atom stereocenters. The Balaban J connectivity index is 2.39. The van der Waals surface area contributed by atoms with E-state index < -0.39 is 6.10 Å². The predicted molar refractivity (Wildman–Crippen MR) is 70.1 cm³/mol. The molecule has 1 rings (SSSR count). The zero-order valence-corrected chi connectivity index (χ0v) is 10.9. The normalized spacial score (nSPS) is 14.6. The number of hydrogen-bond acceptors (Lipinski definition) is 3. The summed E-state index contributed by atoms with van der Waals surface area (Å²) in [5, 5.41) is 13.4. The number of aliphatic hydroxyl groups excluding tert-OH is 1. The first kappa shape index (κ1) is 14.2. The molecule has 3 nitrogen and oxygen atoms in total. The van der Waals surface area contributed by atoms with Crippen molar-refractivity contribution in [1.82, 2.24) is 5.32 Å². The maximum Gasteiger partial charge on any atom is 0.0917 e. The van der Waals surface area contributed by atoms with Gasteiger partial charge in [-0.1, -0.05) is 24.3 Å². The van der Waals surface area contributed by atoms with Crippen LogP contribution in [0.15, 0.2) is 24.3 Å². The van der Waals surface area contributed by atoms with Crippen LogP contribution in [-0.4, -0.2) is 31.4 Å². The molecule has 2 atom stereocenters. The first-order valence-electron chi connectivity index (χ1n) is 6.11. The zero-order chi connectivity index (χ0) is 12.7. The van der Waals surface area contributed by atoms with Crippen LogP contribution >= 0.6 is 0 Å². The van der Waals surface area contributed by atoms with Crippen LogP contribution in [0.4, 0.5) is 0 Å². The fourth-order valence-electron chi connectivity index (χ4n) is 1.78. The lowest BCUT2D eigenvalue weighted by Gasteiger charge is -2.18. The molecule has 0 amide bonds. The quantitative estimate of drug-likeness (QED) is 0.762. The number of nitrogens with one attached hydrogen (secondary N) is 1. The van der Waals surface area contributed by atoms with E-state index in [2.05, 4.69) is 12.2 Å². The average Bonchev–Trinajstić information content (AvgIpc) is 2.34. The topological polar surface area (TPSA) is 41.5 Å². The molecule has 1 aromatic carbocycles. The highest BCUT2D eigenvalue weighted by Gasteiger charge is 2.10. The number of rotatable bonds is 7. The second-order valence-electron chi connectivity index (χ2n) is 4.46. The van der Waals surface area contributed by atoms with Gasteiger partial charge in [-0.15, -0.1) is 0 Å². The van der Waals surface area contributed by atoms with E-state index in [0.717, 1.165) is 24.2 Å². The van der Waals surface area contributed by atoms with Gasteiger partial charge in [0.25, 0.3) is 0 Å². The van der Waals surface area contributed by atoms with Gasteiger partial charge in [-0.2, -0.15) is 0 Å². The van der Waals surface area contributed by atoms with Crippen LogP contribution in [0.25, 0.3) is 0 Å². The summed E-state index contributed by atoms with van der Waals surface area (Å²) < 4.78 is 5.02. The maximum absolute atomic E-state index is 10.1. The van der Waals surface area contributed by atoms with E-state index in [4.69, 9.17) is 4.74 Å². The van der Waals surface area contributed by atoms with E-state index in [0.29, 0.717) is 12.6 Å². The maximum atomic E-state index is 10.1. The Labute approximate surface area is 104 Å². The van der Waals surface area contributed by atoms with Crippen molar-refractivity contribution in [3.63, 3.8) is 0 Å². The van der Waals surface area contributed by atoms with Gasteiger partial charge >= 0.3 is 0 Å². The largest absolute Gasteiger partial charge is 0.387 e. The van der Waals surface area contributed by atoms with E-state index in [-0.39, 0.29) is 0 Å². The molecule has 0 spiro atoms. The van der Waals surface area contributed by atoms with Crippen LogP contribution in [0.5, 0.6) is 0 Å². The summed E-state index contributed by atoms with van der Waals surface area (Å²) in [6.07, 6.45) is 0.512. The molecule has 0 saturated carbocycles. The van der Waals surface area contributed by atoms with Crippen LogP contribution in [0.2, 0.25) is 0 Å². The molecule has 17 heavy (non-hydrogen) atoms. The average molecular weight is 237 g/mol. The molecule has 0 heterocycles. The molecule has 0 bridgehead atoms. The lowest BCUT2D eigenvalue weighted by Crippen LogP contribution is -2.31. The van der Waals surface area contributed by atoms with E-state index in [9.17, 15) is 5.11 Å². The second kappa shape index (κ2) is 7.43. The summed E-state index contributed by atoms with van der Waals surface area (Å²) in [6, 6.07) is 8.29. The molecular formula is C14H23NO2. The summed E-state index contributed by atoms with van der Waals surface area (Å²) in [5.41, 5.74) is 2.13. The Morgan fingerprint density at radius 3 is 2.71 bits per heavy atom. The minimum absolute atomic E-state index is 0.355. The molecule has 2 N–H and O–H groups in total. The van der Waals surface area contributed by atoms with Crippen molar-refractivity contribution >= 4 is 0 Å². The lowest BCUT2D eigenvalue weighted by atomic mass is 10.0. The zero-order valence-electron chi connectivity index (χ0n) is 10.9. The molecule has 0 aliphatic rings. The Kier molecular flexibility index (Phi) is 6.19. The van der Waals surface area contributed by atoms with Gasteiger partial charge in [0.2, 0.25) is 0 Å². The number of hydrogen-bond donors (Lipinski definition) is 2. The SMILES string of the molecule is COCCC(C)NCC(O)c1ccccc1C. The smallest absolute Gasteiger partial charge is 0.0917 e. The van der Waals surface area contributed by atoms with Gasteiger partial charge in [0.05, 0.1) is 6.10 Å². The Morgan fingerprint density at radius 1 is 1.35 bits per heavy atom. The summed E-state index contributed by atoms with van der Waals surface area (Å²) in [5.74, 6) is 0. The lowest BCUT2D eigenvalue weighted by molar-refractivity contribution is 0.158. The Morgan fingerprint density at radius 2 is 2.06 bits per heavy atom. The van der Waals surface area contributed by atoms with E-state index in [1.54, 1.807) is 7.11 Å². The van der Waals surface area contributed by atoms with Crippen molar-refractivity contribution in [2.45, 2.75) is 32.4 Å². The molecular weight excluding hydrogens is 214 g/mol. The van der Waals surface area contributed by atoms with Gasteiger partial charge in [-0.25, -0.2) is 0 Å². The van der Waals surface area contributed by atoms with Crippen LogP contribution in [0.3, 0.4) is 0 Å². The van der Waals surface area contributed by atoms with Crippen molar-refractivity contribution in [2.24, 2.45) is 0 Å². The summed E-state index contributed by atoms with van der Waals surface area (Å²) in [7, 11) is 1.70. The Bertz CT molecular complexity index is 328. The summed E-state index contributed by atoms with van der Waals surface area (Å²) >= 11 is 0. The highest BCUT2D eigenvalue weighted by atomic mass is 16.5. The fourth-order valence-corrected chi connectivity index (χ4v) is 1.78. The molecule has 96 valence electrons. The number of methoxy groups -OCH3 is 1. The molecule has 0 fully saturated rings. The van der Waals surface area contributed by atoms with Crippen molar-refractivity contribution in [3.05, 3.63) is 35.4 Å². The van der Waals surface area contributed by atoms with Gasteiger partial charge < -0.3 is 15.2 Å². The number of aliphatic hydroxyl groups is 1. The van der Waals surface area contributed by atoms with E-state index >= 15 is 0 Å². The van der Waals surface area contributed by atoms with Crippen molar-refractivity contribution in [3.8, 4) is 0 Å². The highest BCUT2D eigenvalue weighted by molar-refractivity contribution is 5.27. The third-order valence-electron chi connectivity index (χ3n) is 2.96. The van der Waals surface area contributed by atoms with Gasteiger partial charge in [0.1, 0.15) is 0 Å². The van der Waals surface area contributed by atoms with Gasteiger partial charge in [0.15, 0.2) is 0 Å². The van der Waals surface area contributed by atoms with Crippen LogP contribution in [-0.2, 0) is 4.74 Å². The number of aryl methyl sites for hydroxylation is 1. The monoisotopic (exact) mass is 237 g/mol. The summed E-state index contributed by atoms with van der Waals surface area (Å²) in [4.78, 5) is 0. The van der Waals surface area contributed by atoms with Crippen molar-refractivity contribution in [1.29, 1.82) is 0 Å². The highest BCUT2D eigenvalue weighted by Crippen LogP contribution is 2.16. The van der Waals surface area contributed by atoms with Gasteiger partial charge in [0, 0.05) is 26.3 Å². The first-order valence-corrected chi connectivity index (χ1v) is 6.11. The fraction of sp³-hybridized carbons (Fsp3) is 0.571. The molecule has 0 aliphatic carbocycles. The van der Waals surface area contributed by atoms with Gasteiger partial charge in [-0.05, 0) is 31.4 Å². The molecule has 0 saturated heterocycles. The Hall–Kier alpha value is -0.900. The number of benzene rings is 1. The molecule has 0 aliphatic heterocycles.